The molecule has 1 atom stereocenters. The van der Waals surface area contributed by atoms with Gasteiger partial charge in [0.2, 0.25) is 0 Å². The zero-order valence-electron chi connectivity index (χ0n) is 7.27. The van der Waals surface area contributed by atoms with Crippen LogP contribution in [0.5, 0.6) is 0 Å². The highest BCUT2D eigenvalue weighted by atomic mass is 16.6. The third-order valence-electron chi connectivity index (χ3n) is 1.74. The molecule has 0 unspecified atom stereocenters. The molecule has 3 N–H and O–H groups in total. The molecule has 6 nitrogen and oxygen atoms in total. The van der Waals surface area contributed by atoms with E-state index >= 15 is 0 Å². The number of aromatic amines is 1. The summed E-state index contributed by atoms with van der Waals surface area (Å²) in [6.07, 6.45) is 2.76. The molecule has 0 saturated carbocycles. The first-order valence-corrected chi connectivity index (χ1v) is 3.81. The Hall–Kier alpha value is -1.95. The second kappa shape index (κ2) is 3.84. The van der Waals surface area contributed by atoms with Crippen molar-refractivity contribution < 1.29 is 4.92 Å². The summed E-state index contributed by atoms with van der Waals surface area (Å²) in [6, 6.07) is 0.621. The molecule has 14 heavy (non-hydrogen) atoms. The number of nitro groups is 1. The molecular weight excluding hydrogens is 186 g/mol. The quantitative estimate of drug-likeness (QED) is 0.415. The molecule has 0 spiro atoms. The van der Waals surface area contributed by atoms with Gasteiger partial charge in [-0.15, -0.1) is 6.58 Å². The van der Waals surface area contributed by atoms with Crippen molar-refractivity contribution in [2.75, 3.05) is 0 Å². The molecule has 0 saturated heterocycles. The smallest absolute Gasteiger partial charge is 0.323 e. The summed E-state index contributed by atoms with van der Waals surface area (Å²) in [7, 11) is 0. The van der Waals surface area contributed by atoms with Crippen LogP contribution in [-0.2, 0) is 0 Å². The van der Waals surface area contributed by atoms with E-state index in [9.17, 15) is 14.9 Å². The van der Waals surface area contributed by atoms with Crippen LogP contribution >= 0.6 is 0 Å². The predicted octanol–water partition coefficient (Wildman–Crippen LogP) is 0.469. The Morgan fingerprint density at radius 1 is 1.71 bits per heavy atom. The minimum atomic E-state index is -0.752. The third kappa shape index (κ3) is 1.86. The van der Waals surface area contributed by atoms with Gasteiger partial charge < -0.3 is 10.7 Å². The molecule has 0 aliphatic carbocycles. The zero-order valence-corrected chi connectivity index (χ0v) is 7.27. The Bertz CT molecular complexity index is 424. The standard InChI is InChI=1S/C8H9N3O3/c1-2-6(9)5-3-7(11(13)14)8(12)10-4-5/h2-4,6H,1,9H2,(H,10,12)/t6-/m1/s1. The second-order valence-electron chi connectivity index (χ2n) is 2.67. The van der Waals surface area contributed by atoms with Crippen molar-refractivity contribution in [1.82, 2.24) is 4.98 Å². The van der Waals surface area contributed by atoms with Gasteiger partial charge in [-0.05, 0) is 5.56 Å². The first kappa shape index (κ1) is 10.1. The van der Waals surface area contributed by atoms with Crippen LogP contribution in [0.4, 0.5) is 5.69 Å². The van der Waals surface area contributed by atoms with Gasteiger partial charge in [0.25, 0.3) is 0 Å². The number of H-pyrrole nitrogens is 1. The predicted molar refractivity (Wildman–Crippen MR) is 50.8 cm³/mol. The largest absolute Gasteiger partial charge is 0.334 e. The lowest BCUT2D eigenvalue weighted by molar-refractivity contribution is -0.386. The van der Waals surface area contributed by atoms with Crippen LogP contribution in [0.25, 0.3) is 0 Å². The van der Waals surface area contributed by atoms with E-state index < -0.39 is 22.2 Å². The van der Waals surface area contributed by atoms with Crippen LogP contribution in [0.2, 0.25) is 0 Å². The number of rotatable bonds is 3. The van der Waals surface area contributed by atoms with E-state index in [1.54, 1.807) is 0 Å². The Labute approximate surface area is 79.2 Å². The van der Waals surface area contributed by atoms with Gasteiger partial charge in [0.1, 0.15) is 0 Å². The van der Waals surface area contributed by atoms with E-state index in [1.807, 2.05) is 0 Å². The minimum Gasteiger partial charge on any atom is -0.323 e. The van der Waals surface area contributed by atoms with Gasteiger partial charge in [0.15, 0.2) is 0 Å². The molecule has 6 heteroatoms. The molecule has 0 aromatic carbocycles. The fraction of sp³-hybridized carbons (Fsp3) is 0.125. The van der Waals surface area contributed by atoms with Crippen LogP contribution < -0.4 is 11.3 Å². The summed E-state index contributed by atoms with van der Waals surface area (Å²) < 4.78 is 0. The molecule has 1 aromatic rings. The van der Waals surface area contributed by atoms with E-state index in [0.29, 0.717) is 5.56 Å². The van der Waals surface area contributed by atoms with Gasteiger partial charge in [-0.1, -0.05) is 6.08 Å². The van der Waals surface area contributed by atoms with Gasteiger partial charge in [0.05, 0.1) is 4.92 Å². The first-order chi connectivity index (χ1) is 6.56. The fourth-order valence-electron chi connectivity index (χ4n) is 0.952. The maximum atomic E-state index is 11.0. The Balaban J connectivity index is 3.26. The third-order valence-corrected chi connectivity index (χ3v) is 1.74. The van der Waals surface area contributed by atoms with Gasteiger partial charge in [-0.25, -0.2) is 0 Å². The monoisotopic (exact) mass is 195 g/mol. The average Bonchev–Trinajstić information content (AvgIpc) is 2.17. The molecule has 0 aliphatic rings. The van der Waals surface area contributed by atoms with Crippen molar-refractivity contribution in [1.29, 1.82) is 0 Å². The summed E-state index contributed by atoms with van der Waals surface area (Å²) in [6.45, 7) is 3.45. The van der Waals surface area contributed by atoms with Crippen LogP contribution in [0.1, 0.15) is 11.6 Å². The van der Waals surface area contributed by atoms with Crippen molar-refractivity contribution in [2.45, 2.75) is 6.04 Å². The number of nitrogens with one attached hydrogen (secondary N) is 1. The molecule has 0 aliphatic heterocycles. The lowest BCUT2D eigenvalue weighted by Gasteiger charge is -2.04. The molecule has 74 valence electrons. The summed E-state index contributed by atoms with van der Waals surface area (Å²) in [5, 5.41) is 10.4. The van der Waals surface area contributed by atoms with E-state index in [1.165, 1.54) is 12.3 Å². The number of nitrogens with two attached hydrogens (primary N) is 1. The SMILES string of the molecule is C=C[C@@H](N)c1c[nH]c(=O)c([N+](=O)[O-])c1. The normalized spacial score (nSPS) is 12.1. The molecule has 0 fully saturated rings. The molecule has 0 bridgehead atoms. The molecule has 1 rings (SSSR count). The molecule has 0 radical (unpaired) electrons. The molecular formula is C8H9N3O3. The van der Waals surface area contributed by atoms with Crippen molar-refractivity contribution in [3.05, 3.63) is 50.9 Å². The lowest BCUT2D eigenvalue weighted by Crippen LogP contribution is -2.15. The molecule has 1 aromatic heterocycles. The average molecular weight is 195 g/mol. The second-order valence-corrected chi connectivity index (χ2v) is 2.67. The van der Waals surface area contributed by atoms with Crippen molar-refractivity contribution in [3.8, 4) is 0 Å². The number of hydrogen-bond acceptors (Lipinski definition) is 4. The first-order valence-electron chi connectivity index (χ1n) is 3.81. The van der Waals surface area contributed by atoms with Gasteiger partial charge in [0, 0.05) is 18.3 Å². The van der Waals surface area contributed by atoms with Crippen molar-refractivity contribution in [2.24, 2.45) is 5.73 Å². The summed E-state index contributed by atoms with van der Waals surface area (Å²) >= 11 is 0. The van der Waals surface area contributed by atoms with E-state index in [2.05, 4.69) is 11.6 Å². The molecule has 0 amide bonds. The topological polar surface area (TPSA) is 102 Å². The highest BCUT2D eigenvalue weighted by molar-refractivity contribution is 5.32. The Morgan fingerprint density at radius 3 is 2.86 bits per heavy atom. The Kier molecular flexibility index (Phi) is 2.78. The number of hydrogen-bond donors (Lipinski definition) is 2. The maximum Gasteiger partial charge on any atom is 0.334 e. The fourth-order valence-corrected chi connectivity index (χ4v) is 0.952. The van der Waals surface area contributed by atoms with Crippen LogP contribution in [-0.4, -0.2) is 9.91 Å². The highest BCUT2D eigenvalue weighted by Gasteiger charge is 2.14. The van der Waals surface area contributed by atoms with E-state index in [0.717, 1.165) is 6.07 Å². The van der Waals surface area contributed by atoms with Gasteiger partial charge in [-0.2, -0.15) is 0 Å². The Morgan fingerprint density at radius 2 is 2.36 bits per heavy atom. The van der Waals surface area contributed by atoms with Crippen molar-refractivity contribution in [3.63, 3.8) is 0 Å². The summed E-state index contributed by atoms with van der Waals surface area (Å²) in [4.78, 5) is 22.9. The molecule has 1 heterocycles. The maximum absolute atomic E-state index is 11.0. The van der Waals surface area contributed by atoms with Crippen LogP contribution in [0.15, 0.2) is 29.7 Å². The minimum absolute atomic E-state index is 0.450. The number of aromatic nitrogens is 1. The summed E-state index contributed by atoms with van der Waals surface area (Å²) in [5.74, 6) is 0. The zero-order chi connectivity index (χ0) is 10.7. The number of nitrogens with zero attached hydrogens (tertiary/aromatic N) is 1. The number of pyridine rings is 1. The van der Waals surface area contributed by atoms with Gasteiger partial charge in [-0.3, -0.25) is 14.9 Å². The summed E-state index contributed by atoms with van der Waals surface area (Å²) in [5.41, 5.74) is 4.75. The van der Waals surface area contributed by atoms with Crippen LogP contribution in [0.3, 0.4) is 0 Å². The lowest BCUT2D eigenvalue weighted by atomic mass is 10.1. The van der Waals surface area contributed by atoms with E-state index in [4.69, 9.17) is 5.73 Å². The van der Waals surface area contributed by atoms with Gasteiger partial charge >= 0.3 is 11.2 Å². The van der Waals surface area contributed by atoms with E-state index in [-0.39, 0.29) is 0 Å². The van der Waals surface area contributed by atoms with Crippen molar-refractivity contribution >= 4 is 5.69 Å². The van der Waals surface area contributed by atoms with Crippen LogP contribution in [0, 0.1) is 10.1 Å². The highest BCUT2D eigenvalue weighted by Crippen LogP contribution is 2.12.